The lowest BCUT2D eigenvalue weighted by Crippen LogP contribution is -1.90. The van der Waals surface area contributed by atoms with Gasteiger partial charge in [-0.2, -0.15) is 0 Å². The molecule has 5 nitrogen and oxygen atoms in total. The molecule has 17 heavy (non-hydrogen) atoms. The van der Waals surface area contributed by atoms with Gasteiger partial charge in [-0.3, -0.25) is 0 Å². The Kier molecular flexibility index (Phi) is 2.81. The van der Waals surface area contributed by atoms with Gasteiger partial charge in [0.2, 0.25) is 0 Å². The van der Waals surface area contributed by atoms with Crippen molar-refractivity contribution in [1.29, 1.82) is 0 Å². The lowest BCUT2D eigenvalue weighted by atomic mass is 10.1. The third kappa shape index (κ3) is 1.87. The van der Waals surface area contributed by atoms with Crippen molar-refractivity contribution >= 4 is 17.4 Å². The van der Waals surface area contributed by atoms with E-state index in [0.29, 0.717) is 0 Å². The summed E-state index contributed by atoms with van der Waals surface area (Å²) in [6.45, 7) is 0. The number of nitrogen functional groups attached to an aromatic ring is 1. The molecule has 0 radical (unpaired) electrons. The fourth-order valence-corrected chi connectivity index (χ4v) is 1.62. The van der Waals surface area contributed by atoms with Crippen LogP contribution in [-0.4, -0.2) is 17.4 Å². The van der Waals surface area contributed by atoms with Gasteiger partial charge in [-0.05, 0) is 0 Å². The summed E-state index contributed by atoms with van der Waals surface area (Å²) >= 11 is 5.75. The summed E-state index contributed by atoms with van der Waals surface area (Å²) in [7, 11) is 1.29. The molecule has 1 aromatic heterocycles. The molecule has 0 fully saturated rings. The molecular formula is C10H8ClFN2O3. The van der Waals surface area contributed by atoms with Gasteiger partial charge in [0.15, 0.2) is 23.1 Å². The summed E-state index contributed by atoms with van der Waals surface area (Å²) in [5.41, 5.74) is 5.32. The molecule has 0 aliphatic carbocycles. The van der Waals surface area contributed by atoms with E-state index in [1.165, 1.54) is 13.2 Å². The number of methoxy groups -OCH3 is 1. The maximum absolute atomic E-state index is 13.5. The highest BCUT2D eigenvalue weighted by Crippen LogP contribution is 2.43. The van der Waals surface area contributed by atoms with E-state index in [0.717, 1.165) is 6.07 Å². The minimum Gasteiger partial charge on any atom is -0.504 e. The summed E-state index contributed by atoms with van der Waals surface area (Å²) in [5.74, 6) is -0.986. The number of phenolic OH excluding ortho intramolecular Hbond substituents is 1. The van der Waals surface area contributed by atoms with Crippen LogP contribution in [-0.2, 0) is 0 Å². The highest BCUT2D eigenvalue weighted by atomic mass is 35.5. The minimum atomic E-state index is -0.744. The van der Waals surface area contributed by atoms with E-state index < -0.39 is 5.82 Å². The average Bonchev–Trinajstić information content (AvgIpc) is 2.70. The number of aromatic hydroxyl groups is 1. The molecule has 7 heteroatoms. The van der Waals surface area contributed by atoms with E-state index in [4.69, 9.17) is 26.6 Å². The third-order valence-corrected chi connectivity index (χ3v) is 2.52. The monoisotopic (exact) mass is 258 g/mol. The first-order chi connectivity index (χ1) is 8.04. The third-order valence-electron chi connectivity index (χ3n) is 2.15. The van der Waals surface area contributed by atoms with E-state index in [1.807, 2.05) is 0 Å². The number of phenols is 1. The van der Waals surface area contributed by atoms with Crippen molar-refractivity contribution in [2.75, 3.05) is 12.8 Å². The first-order valence-electron chi connectivity index (χ1n) is 4.52. The van der Waals surface area contributed by atoms with Crippen molar-refractivity contribution in [3.8, 4) is 22.8 Å². The van der Waals surface area contributed by atoms with Crippen LogP contribution < -0.4 is 10.5 Å². The van der Waals surface area contributed by atoms with Crippen molar-refractivity contribution in [2.24, 2.45) is 0 Å². The number of anilines is 1. The van der Waals surface area contributed by atoms with Crippen molar-refractivity contribution in [3.63, 3.8) is 0 Å². The van der Waals surface area contributed by atoms with Gasteiger partial charge in [0, 0.05) is 12.1 Å². The molecular weight excluding hydrogens is 251 g/mol. The van der Waals surface area contributed by atoms with Crippen LogP contribution >= 0.6 is 11.6 Å². The number of hydrogen-bond acceptors (Lipinski definition) is 5. The van der Waals surface area contributed by atoms with Gasteiger partial charge in [0.05, 0.1) is 17.7 Å². The Labute approximate surface area is 101 Å². The predicted molar refractivity (Wildman–Crippen MR) is 59.5 cm³/mol. The summed E-state index contributed by atoms with van der Waals surface area (Å²) in [6, 6.07) is 2.29. The number of aromatic nitrogens is 1. The van der Waals surface area contributed by atoms with Crippen LogP contribution in [0, 0.1) is 5.82 Å². The van der Waals surface area contributed by atoms with Gasteiger partial charge in [-0.25, -0.2) is 4.39 Å². The summed E-state index contributed by atoms with van der Waals surface area (Å²) in [4.78, 5) is 0. The minimum absolute atomic E-state index is 0.0484. The molecule has 0 atom stereocenters. The van der Waals surface area contributed by atoms with E-state index in [9.17, 15) is 9.50 Å². The van der Waals surface area contributed by atoms with Crippen LogP contribution in [0.15, 0.2) is 16.7 Å². The van der Waals surface area contributed by atoms with E-state index in [1.54, 1.807) is 0 Å². The molecule has 90 valence electrons. The number of halogens is 2. The number of benzene rings is 1. The fraction of sp³-hybridized carbons (Fsp3) is 0.100. The van der Waals surface area contributed by atoms with Gasteiger partial charge in [0.1, 0.15) is 5.82 Å². The Balaban J connectivity index is 2.71. The van der Waals surface area contributed by atoms with Crippen molar-refractivity contribution in [1.82, 2.24) is 5.16 Å². The first-order valence-corrected chi connectivity index (χ1v) is 4.90. The van der Waals surface area contributed by atoms with Gasteiger partial charge in [-0.15, -0.1) is 0 Å². The molecule has 0 aliphatic rings. The normalized spacial score (nSPS) is 10.5. The summed E-state index contributed by atoms with van der Waals surface area (Å²) in [5, 5.41) is 13.0. The molecule has 0 bridgehead atoms. The number of nitrogens with zero attached hydrogens (tertiary/aromatic N) is 1. The summed E-state index contributed by atoms with van der Waals surface area (Å²) in [6.07, 6.45) is 0. The standard InChI is InChI=1S/C10H8ClFN2O3/c1-16-6-2-4(12)9(11)8(10(6)15)5-3-7(13)14-17-5/h2-3,15H,1H3,(H2,13,14). The maximum Gasteiger partial charge on any atom is 0.174 e. The molecule has 0 spiro atoms. The second-order valence-corrected chi connectivity index (χ2v) is 3.59. The van der Waals surface area contributed by atoms with Gasteiger partial charge >= 0.3 is 0 Å². The summed E-state index contributed by atoms with van der Waals surface area (Å²) < 4.78 is 23.1. The number of ether oxygens (including phenoxy) is 1. The van der Waals surface area contributed by atoms with Crippen LogP contribution in [0.4, 0.5) is 10.2 Å². The van der Waals surface area contributed by atoms with Gasteiger partial charge in [-0.1, -0.05) is 16.8 Å². The second-order valence-electron chi connectivity index (χ2n) is 3.21. The van der Waals surface area contributed by atoms with E-state index in [2.05, 4.69) is 5.16 Å². The van der Waals surface area contributed by atoms with Crippen LogP contribution in [0.25, 0.3) is 11.3 Å². The molecule has 0 amide bonds. The number of hydrogen-bond donors (Lipinski definition) is 2. The number of nitrogens with two attached hydrogens (primary N) is 1. The topological polar surface area (TPSA) is 81.5 Å². The zero-order valence-electron chi connectivity index (χ0n) is 8.70. The predicted octanol–water partition coefficient (Wildman–Crippen LogP) is 2.43. The first kappa shape index (κ1) is 11.5. The molecule has 2 aromatic rings. The molecule has 0 unspecified atom stereocenters. The lowest BCUT2D eigenvalue weighted by molar-refractivity contribution is 0.369. The molecule has 0 saturated heterocycles. The van der Waals surface area contributed by atoms with Crippen molar-refractivity contribution in [2.45, 2.75) is 0 Å². The van der Waals surface area contributed by atoms with E-state index >= 15 is 0 Å². The molecule has 3 N–H and O–H groups in total. The van der Waals surface area contributed by atoms with Gasteiger partial charge < -0.3 is 20.1 Å². The van der Waals surface area contributed by atoms with Gasteiger partial charge in [0.25, 0.3) is 0 Å². The fourth-order valence-electron chi connectivity index (χ4n) is 1.38. The van der Waals surface area contributed by atoms with Crippen LogP contribution in [0.2, 0.25) is 5.02 Å². The highest BCUT2D eigenvalue weighted by molar-refractivity contribution is 6.33. The largest absolute Gasteiger partial charge is 0.504 e. The van der Waals surface area contributed by atoms with E-state index in [-0.39, 0.29) is 33.7 Å². The maximum atomic E-state index is 13.5. The van der Waals surface area contributed by atoms with Crippen LogP contribution in [0.3, 0.4) is 0 Å². The average molecular weight is 259 g/mol. The van der Waals surface area contributed by atoms with Crippen LogP contribution in [0.1, 0.15) is 0 Å². The Morgan fingerprint density at radius 1 is 1.53 bits per heavy atom. The quantitative estimate of drug-likeness (QED) is 0.865. The Morgan fingerprint density at radius 2 is 2.24 bits per heavy atom. The van der Waals surface area contributed by atoms with Crippen LogP contribution in [0.5, 0.6) is 11.5 Å². The Morgan fingerprint density at radius 3 is 2.76 bits per heavy atom. The lowest BCUT2D eigenvalue weighted by Gasteiger charge is -2.09. The van der Waals surface area contributed by atoms with Crippen molar-refractivity contribution in [3.05, 3.63) is 23.0 Å². The number of rotatable bonds is 2. The SMILES string of the molecule is COc1cc(F)c(Cl)c(-c2cc(N)no2)c1O. The highest BCUT2D eigenvalue weighted by Gasteiger charge is 2.21. The molecule has 1 heterocycles. The molecule has 2 rings (SSSR count). The molecule has 1 aromatic carbocycles. The molecule has 0 aliphatic heterocycles. The zero-order valence-corrected chi connectivity index (χ0v) is 9.45. The Bertz CT molecular complexity index is 571. The zero-order chi connectivity index (χ0) is 12.6. The Hall–Kier alpha value is -1.95. The second kappa shape index (κ2) is 4.14. The molecule has 0 saturated carbocycles. The smallest absolute Gasteiger partial charge is 0.174 e. The van der Waals surface area contributed by atoms with Crippen molar-refractivity contribution < 1.29 is 18.8 Å².